The van der Waals surface area contributed by atoms with Crippen LogP contribution in [0.3, 0.4) is 0 Å². The van der Waals surface area contributed by atoms with E-state index in [4.69, 9.17) is 0 Å². The van der Waals surface area contributed by atoms with Gasteiger partial charge in [0.2, 0.25) is 0 Å². The van der Waals surface area contributed by atoms with Crippen LogP contribution in [0.5, 0.6) is 0 Å². The van der Waals surface area contributed by atoms with E-state index in [1.807, 2.05) is 25.3 Å². The van der Waals surface area contributed by atoms with E-state index >= 15 is 0 Å². The second-order valence-corrected chi connectivity index (χ2v) is 6.70. The van der Waals surface area contributed by atoms with Crippen molar-refractivity contribution in [2.45, 2.75) is 13.3 Å². The van der Waals surface area contributed by atoms with E-state index in [9.17, 15) is 4.79 Å². The molecule has 6 heteroatoms. The van der Waals surface area contributed by atoms with E-state index in [0.717, 1.165) is 26.6 Å². The summed E-state index contributed by atoms with van der Waals surface area (Å²) in [5.41, 5.74) is 3.81. The average molecular weight is 425 g/mol. The second kappa shape index (κ2) is 6.30. The van der Waals surface area contributed by atoms with Crippen LogP contribution in [0.25, 0.3) is 10.9 Å². The Morgan fingerprint density at radius 2 is 2.05 bits per heavy atom. The Balaban J connectivity index is 1.65. The van der Waals surface area contributed by atoms with Gasteiger partial charge in [-0.15, -0.1) is 0 Å². The van der Waals surface area contributed by atoms with Gasteiger partial charge in [-0.2, -0.15) is 0 Å². The largest absolute Gasteiger partial charge is 0.361 e. The number of hydrogen-bond donors (Lipinski definition) is 3. The molecule has 0 aliphatic heterocycles. The summed E-state index contributed by atoms with van der Waals surface area (Å²) < 4.78 is 1.67. The third-order valence-corrected chi connectivity index (χ3v) is 5.83. The number of amides is 1. The predicted molar refractivity (Wildman–Crippen MR) is 95.3 cm³/mol. The van der Waals surface area contributed by atoms with E-state index in [-0.39, 0.29) is 5.91 Å². The number of carbonyl (C=O) groups is 1. The summed E-state index contributed by atoms with van der Waals surface area (Å²) in [7, 11) is 0. The van der Waals surface area contributed by atoms with Crippen molar-refractivity contribution >= 4 is 48.7 Å². The predicted octanol–water partition coefficient (Wildman–Crippen LogP) is 4.30. The van der Waals surface area contributed by atoms with Crippen molar-refractivity contribution in [3.8, 4) is 0 Å². The third kappa shape index (κ3) is 2.85. The van der Waals surface area contributed by atoms with Crippen LogP contribution in [0.15, 0.2) is 39.5 Å². The molecule has 3 rings (SSSR count). The number of fused-ring (bicyclic) bond motifs is 1. The maximum atomic E-state index is 12.2. The Labute approximate surface area is 144 Å². The van der Waals surface area contributed by atoms with Gasteiger partial charge in [0.1, 0.15) is 5.69 Å². The van der Waals surface area contributed by atoms with E-state index in [2.05, 4.69) is 59.3 Å². The molecule has 0 aliphatic rings. The van der Waals surface area contributed by atoms with Crippen LogP contribution in [0.1, 0.15) is 21.6 Å². The first-order valence-corrected chi connectivity index (χ1v) is 8.53. The molecule has 1 amide bonds. The van der Waals surface area contributed by atoms with Crippen molar-refractivity contribution in [2.24, 2.45) is 0 Å². The van der Waals surface area contributed by atoms with Gasteiger partial charge >= 0.3 is 0 Å². The van der Waals surface area contributed by atoms with Crippen molar-refractivity contribution in [1.29, 1.82) is 0 Å². The quantitative estimate of drug-likeness (QED) is 0.574. The minimum Gasteiger partial charge on any atom is -0.361 e. The van der Waals surface area contributed by atoms with Crippen molar-refractivity contribution in [2.75, 3.05) is 6.54 Å². The van der Waals surface area contributed by atoms with Crippen molar-refractivity contribution < 1.29 is 4.79 Å². The monoisotopic (exact) mass is 423 g/mol. The van der Waals surface area contributed by atoms with Gasteiger partial charge in [-0.05, 0) is 62.4 Å². The highest BCUT2D eigenvalue weighted by atomic mass is 79.9. The molecule has 0 aliphatic carbocycles. The number of para-hydroxylation sites is 1. The average Bonchev–Trinajstić information content (AvgIpc) is 3.04. The molecular formula is C16H15Br2N3O. The van der Waals surface area contributed by atoms with Crippen LogP contribution >= 0.6 is 31.9 Å². The van der Waals surface area contributed by atoms with E-state index in [1.54, 1.807) is 0 Å². The Kier molecular flexibility index (Phi) is 4.40. The summed E-state index contributed by atoms with van der Waals surface area (Å²) in [5.74, 6) is -0.0938. The van der Waals surface area contributed by atoms with Gasteiger partial charge in [0.05, 0.1) is 9.08 Å². The Morgan fingerprint density at radius 3 is 2.77 bits per heavy atom. The SMILES string of the molecule is Cc1c(C(=O)NCCc2c[nH]c3ccccc23)[nH]c(Br)c1Br. The molecule has 0 saturated heterocycles. The lowest BCUT2D eigenvalue weighted by Crippen LogP contribution is -2.26. The van der Waals surface area contributed by atoms with Crippen LogP contribution in [-0.2, 0) is 6.42 Å². The van der Waals surface area contributed by atoms with Crippen molar-refractivity contribution in [3.63, 3.8) is 0 Å². The topological polar surface area (TPSA) is 60.7 Å². The molecule has 2 aromatic heterocycles. The molecule has 0 unspecified atom stereocenters. The normalized spacial score (nSPS) is 11.0. The highest BCUT2D eigenvalue weighted by Gasteiger charge is 2.16. The second-order valence-electron chi connectivity index (χ2n) is 5.12. The van der Waals surface area contributed by atoms with Crippen LogP contribution in [0, 0.1) is 6.92 Å². The minimum atomic E-state index is -0.0938. The first-order valence-electron chi connectivity index (χ1n) is 6.94. The van der Waals surface area contributed by atoms with E-state index in [1.165, 1.54) is 10.9 Å². The zero-order valence-corrected chi connectivity index (χ0v) is 15.1. The molecule has 0 saturated carbocycles. The molecule has 0 atom stereocenters. The molecule has 0 radical (unpaired) electrons. The van der Waals surface area contributed by atoms with Gasteiger partial charge < -0.3 is 15.3 Å². The molecule has 4 nitrogen and oxygen atoms in total. The van der Waals surface area contributed by atoms with E-state index < -0.39 is 0 Å². The Morgan fingerprint density at radius 1 is 1.27 bits per heavy atom. The highest BCUT2D eigenvalue weighted by molar-refractivity contribution is 9.13. The zero-order chi connectivity index (χ0) is 15.7. The number of rotatable bonds is 4. The van der Waals surface area contributed by atoms with Crippen LogP contribution in [0.2, 0.25) is 0 Å². The summed E-state index contributed by atoms with van der Waals surface area (Å²) in [5, 5.41) is 4.16. The fraction of sp³-hybridized carbons (Fsp3) is 0.188. The number of nitrogens with one attached hydrogen (secondary N) is 3. The highest BCUT2D eigenvalue weighted by Crippen LogP contribution is 2.28. The maximum absolute atomic E-state index is 12.2. The Bertz CT molecular complexity index is 835. The molecule has 0 bridgehead atoms. The third-order valence-electron chi connectivity index (χ3n) is 3.71. The number of carbonyl (C=O) groups excluding carboxylic acids is 1. The van der Waals surface area contributed by atoms with Gasteiger partial charge in [0.15, 0.2) is 0 Å². The molecule has 3 aromatic rings. The van der Waals surface area contributed by atoms with Gasteiger partial charge in [0, 0.05) is 23.6 Å². The maximum Gasteiger partial charge on any atom is 0.268 e. The van der Waals surface area contributed by atoms with Gasteiger partial charge in [0.25, 0.3) is 5.91 Å². The lowest BCUT2D eigenvalue weighted by atomic mass is 10.1. The molecule has 22 heavy (non-hydrogen) atoms. The molecule has 1 aromatic carbocycles. The first kappa shape index (κ1) is 15.4. The lowest BCUT2D eigenvalue weighted by Gasteiger charge is -2.04. The summed E-state index contributed by atoms with van der Waals surface area (Å²) in [6, 6.07) is 8.17. The number of aromatic nitrogens is 2. The number of halogens is 2. The summed E-state index contributed by atoms with van der Waals surface area (Å²) in [6.07, 6.45) is 2.79. The van der Waals surface area contributed by atoms with Crippen molar-refractivity contribution in [1.82, 2.24) is 15.3 Å². The fourth-order valence-corrected chi connectivity index (χ4v) is 3.29. The molecule has 114 valence electrons. The smallest absolute Gasteiger partial charge is 0.268 e. The minimum absolute atomic E-state index is 0.0938. The molecule has 0 fully saturated rings. The Hall–Kier alpha value is -1.53. The van der Waals surface area contributed by atoms with Gasteiger partial charge in [-0.1, -0.05) is 18.2 Å². The van der Waals surface area contributed by atoms with Crippen LogP contribution in [0.4, 0.5) is 0 Å². The number of benzene rings is 1. The van der Waals surface area contributed by atoms with Crippen LogP contribution < -0.4 is 5.32 Å². The fourth-order valence-electron chi connectivity index (χ4n) is 2.50. The standard InChI is InChI=1S/C16H15Br2N3O/c1-9-13(17)15(18)21-14(9)16(22)19-7-6-10-8-20-12-5-3-2-4-11(10)12/h2-5,8,20-21H,6-7H2,1H3,(H,19,22). The molecule has 2 heterocycles. The summed E-state index contributed by atoms with van der Waals surface area (Å²) in [6.45, 7) is 2.49. The molecule has 0 spiro atoms. The number of aromatic amines is 2. The summed E-state index contributed by atoms with van der Waals surface area (Å²) in [4.78, 5) is 18.5. The van der Waals surface area contributed by atoms with Crippen LogP contribution in [-0.4, -0.2) is 22.4 Å². The molecule has 3 N–H and O–H groups in total. The summed E-state index contributed by atoms with van der Waals surface area (Å²) >= 11 is 6.81. The number of H-pyrrole nitrogens is 2. The van der Waals surface area contributed by atoms with Crippen molar-refractivity contribution in [3.05, 3.63) is 56.4 Å². The zero-order valence-electron chi connectivity index (χ0n) is 12.0. The van der Waals surface area contributed by atoms with Gasteiger partial charge in [-0.3, -0.25) is 4.79 Å². The van der Waals surface area contributed by atoms with E-state index in [0.29, 0.717) is 12.2 Å². The number of hydrogen-bond acceptors (Lipinski definition) is 1. The first-order chi connectivity index (χ1) is 10.6. The lowest BCUT2D eigenvalue weighted by molar-refractivity contribution is 0.0949. The molecular weight excluding hydrogens is 410 g/mol. The van der Waals surface area contributed by atoms with Gasteiger partial charge in [-0.25, -0.2) is 0 Å².